The second kappa shape index (κ2) is 5.28. The summed E-state index contributed by atoms with van der Waals surface area (Å²) in [5, 5.41) is 9.11. The van der Waals surface area contributed by atoms with Gasteiger partial charge in [-0.2, -0.15) is 5.26 Å². The lowest BCUT2D eigenvalue weighted by molar-refractivity contribution is 0.101. The summed E-state index contributed by atoms with van der Waals surface area (Å²) in [6, 6.07) is 8.21. The summed E-state index contributed by atoms with van der Waals surface area (Å²) >= 11 is 0. The minimum absolute atomic E-state index is 0.0868. The van der Waals surface area contributed by atoms with Gasteiger partial charge in [0.2, 0.25) is 0 Å². The monoisotopic (exact) mass is 268 g/mol. The number of benzene rings is 1. The first kappa shape index (κ1) is 13.2. The van der Waals surface area contributed by atoms with Gasteiger partial charge in [0.05, 0.1) is 11.6 Å². The number of nitriles is 1. The fourth-order valence-corrected chi connectivity index (χ4v) is 3.84. The van der Waals surface area contributed by atoms with Crippen molar-refractivity contribution in [1.82, 2.24) is 0 Å². The molecule has 2 unspecified atom stereocenters. The third-order valence-corrected chi connectivity index (χ3v) is 4.83. The molecule has 0 N–H and O–H groups in total. The zero-order valence-corrected chi connectivity index (χ0v) is 11.9. The van der Waals surface area contributed by atoms with E-state index in [1.165, 1.54) is 32.1 Å². The first-order chi connectivity index (χ1) is 9.70. The summed E-state index contributed by atoms with van der Waals surface area (Å²) in [5.74, 6) is 0.859. The van der Waals surface area contributed by atoms with Gasteiger partial charge < -0.3 is 4.90 Å². The minimum Gasteiger partial charge on any atom is -0.368 e. The van der Waals surface area contributed by atoms with Crippen LogP contribution in [0.1, 0.15) is 54.9 Å². The molecule has 3 heteroatoms. The third kappa shape index (κ3) is 2.20. The third-order valence-electron chi connectivity index (χ3n) is 4.83. The molecule has 104 valence electrons. The van der Waals surface area contributed by atoms with Crippen molar-refractivity contribution in [2.45, 2.75) is 45.1 Å². The van der Waals surface area contributed by atoms with E-state index in [0.29, 0.717) is 11.6 Å². The fourth-order valence-electron chi connectivity index (χ4n) is 3.84. The first-order valence-corrected chi connectivity index (χ1v) is 7.52. The van der Waals surface area contributed by atoms with Crippen molar-refractivity contribution in [3.63, 3.8) is 0 Å². The number of ketones is 1. The predicted octanol–water partition coefficient (Wildman–Crippen LogP) is 3.53. The van der Waals surface area contributed by atoms with Crippen molar-refractivity contribution >= 4 is 11.5 Å². The molecule has 1 aromatic rings. The second-order valence-electron chi connectivity index (χ2n) is 5.99. The molecular weight excluding hydrogens is 248 g/mol. The Balaban J connectivity index is 2.00. The number of fused-ring (bicyclic) bond motifs is 1. The largest absolute Gasteiger partial charge is 0.368 e. The highest BCUT2D eigenvalue weighted by Gasteiger charge is 2.36. The van der Waals surface area contributed by atoms with Crippen LogP contribution in [-0.2, 0) is 0 Å². The number of Topliss-reactive ketones (excluding diaryl/α,β-unsaturated/α-hetero) is 1. The number of carbonyl (C=O) groups is 1. The standard InChI is InChI=1S/C17H20N2O/c1-12(20)15-7-6-13(11-18)10-17(15)19-9-8-14-4-2-3-5-16(14)19/h6-7,10,14,16H,2-5,8-9H2,1H3. The van der Waals surface area contributed by atoms with Crippen LogP contribution in [0.3, 0.4) is 0 Å². The molecular formula is C17H20N2O. The Labute approximate surface area is 120 Å². The molecule has 2 fully saturated rings. The average molecular weight is 268 g/mol. The summed E-state index contributed by atoms with van der Waals surface area (Å²) in [7, 11) is 0. The van der Waals surface area contributed by atoms with Crippen LogP contribution in [0.15, 0.2) is 18.2 Å². The maximum Gasteiger partial charge on any atom is 0.161 e. The zero-order chi connectivity index (χ0) is 14.1. The van der Waals surface area contributed by atoms with E-state index in [9.17, 15) is 4.79 Å². The Morgan fingerprint density at radius 3 is 2.85 bits per heavy atom. The molecule has 2 atom stereocenters. The Morgan fingerprint density at radius 2 is 2.10 bits per heavy atom. The van der Waals surface area contributed by atoms with Gasteiger partial charge in [0.15, 0.2) is 5.78 Å². The smallest absolute Gasteiger partial charge is 0.161 e. The molecule has 0 spiro atoms. The summed E-state index contributed by atoms with van der Waals surface area (Å²) in [6.07, 6.45) is 6.38. The van der Waals surface area contributed by atoms with Crippen molar-refractivity contribution in [2.24, 2.45) is 5.92 Å². The first-order valence-electron chi connectivity index (χ1n) is 7.52. The molecule has 20 heavy (non-hydrogen) atoms. The lowest BCUT2D eigenvalue weighted by atomic mass is 9.85. The maximum atomic E-state index is 11.9. The van der Waals surface area contributed by atoms with Crippen LogP contribution in [0.2, 0.25) is 0 Å². The van der Waals surface area contributed by atoms with Gasteiger partial charge in [-0.3, -0.25) is 4.79 Å². The number of carbonyl (C=O) groups excluding carboxylic acids is 1. The van der Waals surface area contributed by atoms with E-state index in [1.807, 2.05) is 12.1 Å². The lowest BCUT2D eigenvalue weighted by Crippen LogP contribution is -2.35. The molecule has 1 aromatic carbocycles. The molecule has 1 aliphatic carbocycles. The highest BCUT2D eigenvalue weighted by molar-refractivity contribution is 6.00. The molecule has 3 nitrogen and oxygen atoms in total. The van der Waals surface area contributed by atoms with Crippen LogP contribution in [-0.4, -0.2) is 18.4 Å². The number of rotatable bonds is 2. The van der Waals surface area contributed by atoms with E-state index in [1.54, 1.807) is 13.0 Å². The van der Waals surface area contributed by atoms with E-state index in [2.05, 4.69) is 11.0 Å². The van der Waals surface area contributed by atoms with Crippen molar-refractivity contribution in [2.75, 3.05) is 11.4 Å². The van der Waals surface area contributed by atoms with Crippen LogP contribution >= 0.6 is 0 Å². The van der Waals surface area contributed by atoms with E-state index in [-0.39, 0.29) is 5.78 Å². The highest BCUT2D eigenvalue weighted by atomic mass is 16.1. The number of anilines is 1. The summed E-state index contributed by atoms with van der Waals surface area (Å²) in [5.41, 5.74) is 2.38. The van der Waals surface area contributed by atoms with Crippen molar-refractivity contribution in [1.29, 1.82) is 5.26 Å². The summed E-state index contributed by atoms with van der Waals surface area (Å²) in [6.45, 7) is 2.63. The molecule has 1 saturated carbocycles. The molecule has 1 aliphatic heterocycles. The predicted molar refractivity (Wildman–Crippen MR) is 78.9 cm³/mol. The quantitative estimate of drug-likeness (QED) is 0.771. The Morgan fingerprint density at radius 1 is 1.30 bits per heavy atom. The lowest BCUT2D eigenvalue weighted by Gasteiger charge is -2.34. The van der Waals surface area contributed by atoms with Gasteiger partial charge in [0.25, 0.3) is 0 Å². The van der Waals surface area contributed by atoms with Crippen molar-refractivity contribution in [3.8, 4) is 6.07 Å². The topological polar surface area (TPSA) is 44.1 Å². The van der Waals surface area contributed by atoms with Crippen LogP contribution in [0.4, 0.5) is 5.69 Å². The molecule has 2 aliphatic rings. The van der Waals surface area contributed by atoms with E-state index in [4.69, 9.17) is 5.26 Å². The van der Waals surface area contributed by atoms with Gasteiger partial charge in [0, 0.05) is 23.8 Å². The Bertz CT molecular complexity index is 573. The van der Waals surface area contributed by atoms with E-state index < -0.39 is 0 Å². The van der Waals surface area contributed by atoms with Crippen LogP contribution in [0.25, 0.3) is 0 Å². The maximum absolute atomic E-state index is 11.9. The van der Waals surface area contributed by atoms with E-state index >= 15 is 0 Å². The molecule has 1 heterocycles. The van der Waals surface area contributed by atoms with E-state index in [0.717, 1.165) is 23.7 Å². The van der Waals surface area contributed by atoms with Gasteiger partial charge >= 0.3 is 0 Å². The van der Waals surface area contributed by atoms with Crippen molar-refractivity contribution < 1.29 is 4.79 Å². The average Bonchev–Trinajstić information content (AvgIpc) is 2.90. The molecule has 0 amide bonds. The van der Waals surface area contributed by atoms with Gasteiger partial charge in [-0.15, -0.1) is 0 Å². The van der Waals surface area contributed by atoms with Crippen LogP contribution < -0.4 is 4.90 Å². The SMILES string of the molecule is CC(=O)c1ccc(C#N)cc1N1CCC2CCCCC21. The van der Waals surface area contributed by atoms with Crippen molar-refractivity contribution in [3.05, 3.63) is 29.3 Å². The van der Waals surface area contributed by atoms with Crippen LogP contribution in [0.5, 0.6) is 0 Å². The minimum atomic E-state index is 0.0868. The Hall–Kier alpha value is -1.82. The second-order valence-corrected chi connectivity index (χ2v) is 5.99. The summed E-state index contributed by atoms with van der Waals surface area (Å²) < 4.78 is 0. The molecule has 3 rings (SSSR count). The van der Waals surface area contributed by atoms with Gasteiger partial charge in [-0.05, 0) is 50.3 Å². The van der Waals surface area contributed by atoms with Gasteiger partial charge in [-0.25, -0.2) is 0 Å². The number of hydrogen-bond donors (Lipinski definition) is 0. The highest BCUT2D eigenvalue weighted by Crippen LogP contribution is 2.40. The fraction of sp³-hybridized carbons (Fsp3) is 0.529. The Kier molecular flexibility index (Phi) is 3.48. The normalized spacial score (nSPS) is 25.1. The van der Waals surface area contributed by atoms with Gasteiger partial charge in [0.1, 0.15) is 0 Å². The molecule has 0 bridgehead atoms. The molecule has 1 saturated heterocycles. The zero-order valence-electron chi connectivity index (χ0n) is 11.9. The van der Waals surface area contributed by atoms with Gasteiger partial charge in [-0.1, -0.05) is 12.8 Å². The van der Waals surface area contributed by atoms with Crippen LogP contribution in [0, 0.1) is 17.2 Å². The summed E-state index contributed by atoms with van der Waals surface area (Å²) in [4.78, 5) is 14.3. The number of nitrogens with zero attached hydrogens (tertiary/aromatic N) is 2. The molecule has 0 aromatic heterocycles. The number of hydrogen-bond acceptors (Lipinski definition) is 3. The molecule has 0 radical (unpaired) electrons.